The summed E-state index contributed by atoms with van der Waals surface area (Å²) in [6, 6.07) is 4.91. The highest BCUT2D eigenvalue weighted by atomic mass is 16.6. The smallest absolute Gasteiger partial charge is 0.269 e. The first-order valence-electron chi connectivity index (χ1n) is 7.73. The van der Waals surface area contributed by atoms with Gasteiger partial charge in [-0.3, -0.25) is 10.1 Å². The summed E-state index contributed by atoms with van der Waals surface area (Å²) in [5.74, 6) is 0.710. The molecule has 0 radical (unpaired) electrons. The Morgan fingerprint density at radius 3 is 2.90 bits per heavy atom. The number of anilines is 1. The fraction of sp³-hybridized carbons (Fsp3) is 0.625. The van der Waals surface area contributed by atoms with Crippen LogP contribution in [0.3, 0.4) is 0 Å². The third kappa shape index (κ3) is 4.43. The Labute approximate surface area is 125 Å². The molecule has 0 saturated heterocycles. The topological polar surface area (TPSA) is 64.4 Å². The van der Waals surface area contributed by atoms with Gasteiger partial charge in [-0.05, 0) is 31.7 Å². The van der Waals surface area contributed by atoms with E-state index < -0.39 is 0 Å². The largest absolute Gasteiger partial charge is 0.385 e. The second kappa shape index (κ2) is 7.41. The van der Waals surface area contributed by atoms with Crippen LogP contribution in [0.25, 0.3) is 0 Å². The summed E-state index contributed by atoms with van der Waals surface area (Å²) in [6.07, 6.45) is 4.95. The van der Waals surface area contributed by atoms with Gasteiger partial charge >= 0.3 is 0 Å². The van der Waals surface area contributed by atoms with Crippen molar-refractivity contribution in [3.63, 3.8) is 0 Å². The zero-order valence-electron chi connectivity index (χ0n) is 12.8. The van der Waals surface area contributed by atoms with Gasteiger partial charge in [0.2, 0.25) is 0 Å². The van der Waals surface area contributed by atoms with E-state index >= 15 is 0 Å². The Bertz CT molecular complexity index is 490. The molecule has 1 aromatic rings. The van der Waals surface area contributed by atoms with Crippen LogP contribution >= 0.6 is 0 Å². The van der Waals surface area contributed by atoms with Crippen LogP contribution in [0.2, 0.25) is 0 Å². The molecule has 1 N–H and O–H groups in total. The number of hydrogen-bond donors (Lipinski definition) is 1. The molecule has 2 rings (SSSR count). The summed E-state index contributed by atoms with van der Waals surface area (Å²) in [4.78, 5) is 10.6. The quantitative estimate of drug-likeness (QED) is 0.632. The maximum absolute atomic E-state index is 10.9. The summed E-state index contributed by atoms with van der Waals surface area (Å²) < 4.78 is 6.00. The van der Waals surface area contributed by atoms with Gasteiger partial charge in [-0.1, -0.05) is 19.8 Å². The van der Waals surface area contributed by atoms with Gasteiger partial charge in [0.05, 0.1) is 17.6 Å². The minimum atomic E-state index is -0.359. The van der Waals surface area contributed by atoms with Gasteiger partial charge < -0.3 is 10.1 Å². The van der Waals surface area contributed by atoms with Crippen LogP contribution in [0.1, 0.15) is 45.1 Å². The first kappa shape index (κ1) is 15.8. The van der Waals surface area contributed by atoms with E-state index in [4.69, 9.17) is 4.74 Å². The number of nitrogens with one attached hydrogen (secondary N) is 1. The van der Waals surface area contributed by atoms with Crippen molar-refractivity contribution >= 4 is 11.4 Å². The maximum atomic E-state index is 10.9. The lowest BCUT2D eigenvalue weighted by molar-refractivity contribution is -0.384. The van der Waals surface area contributed by atoms with Crippen LogP contribution in [0.5, 0.6) is 0 Å². The third-order valence-electron chi connectivity index (χ3n) is 4.03. The van der Waals surface area contributed by atoms with Crippen LogP contribution < -0.4 is 5.32 Å². The molecule has 1 aliphatic carbocycles. The normalized spacial score (nSPS) is 22.0. The Morgan fingerprint density at radius 1 is 1.43 bits per heavy atom. The molecular formula is C16H24N2O3. The van der Waals surface area contributed by atoms with Gasteiger partial charge in [0, 0.05) is 29.9 Å². The maximum Gasteiger partial charge on any atom is 0.269 e. The Balaban J connectivity index is 2.05. The molecule has 5 nitrogen and oxygen atoms in total. The number of nitrogens with zero attached hydrogens (tertiary/aromatic N) is 1. The average Bonchev–Trinajstić information content (AvgIpc) is 2.46. The number of rotatable bonds is 6. The van der Waals surface area contributed by atoms with E-state index in [2.05, 4.69) is 12.2 Å². The van der Waals surface area contributed by atoms with Crippen LogP contribution in [-0.2, 0) is 11.3 Å². The van der Waals surface area contributed by atoms with E-state index in [0.717, 1.165) is 30.6 Å². The van der Waals surface area contributed by atoms with Crippen molar-refractivity contribution in [3.05, 3.63) is 33.9 Å². The lowest BCUT2D eigenvalue weighted by Crippen LogP contribution is -2.21. The monoisotopic (exact) mass is 292 g/mol. The molecular weight excluding hydrogens is 268 g/mol. The second-order valence-electron chi connectivity index (χ2n) is 5.83. The van der Waals surface area contributed by atoms with Gasteiger partial charge in [0.15, 0.2) is 0 Å². The van der Waals surface area contributed by atoms with Crippen LogP contribution in [0.4, 0.5) is 11.4 Å². The predicted octanol–water partition coefficient (Wildman–Crippen LogP) is 4.12. The van der Waals surface area contributed by atoms with Crippen molar-refractivity contribution in [3.8, 4) is 0 Å². The van der Waals surface area contributed by atoms with Crippen LogP contribution in [0, 0.1) is 16.0 Å². The van der Waals surface area contributed by atoms with E-state index in [0.29, 0.717) is 12.5 Å². The van der Waals surface area contributed by atoms with E-state index in [9.17, 15) is 10.1 Å². The number of non-ortho nitro benzene ring substituents is 1. The molecule has 1 saturated carbocycles. The number of ether oxygens (including phenoxy) is 1. The summed E-state index contributed by atoms with van der Waals surface area (Å²) >= 11 is 0. The molecule has 0 amide bonds. The van der Waals surface area contributed by atoms with Crippen molar-refractivity contribution in [1.82, 2.24) is 0 Å². The summed E-state index contributed by atoms with van der Waals surface area (Å²) in [5, 5.41) is 14.2. The number of benzene rings is 1. The Morgan fingerprint density at radius 2 is 2.24 bits per heavy atom. The third-order valence-corrected chi connectivity index (χ3v) is 4.03. The van der Waals surface area contributed by atoms with Gasteiger partial charge in [-0.15, -0.1) is 0 Å². The fourth-order valence-electron chi connectivity index (χ4n) is 2.91. The SMILES string of the molecule is CCNc1ccc([N+](=O)[O-])cc1COC1CCCC(C)C1. The number of nitro benzene ring substituents is 1. The zero-order valence-corrected chi connectivity index (χ0v) is 12.8. The summed E-state index contributed by atoms with van der Waals surface area (Å²) in [7, 11) is 0. The molecule has 5 heteroatoms. The Hall–Kier alpha value is -1.62. The molecule has 2 atom stereocenters. The highest BCUT2D eigenvalue weighted by Gasteiger charge is 2.20. The number of hydrogen-bond acceptors (Lipinski definition) is 4. The van der Waals surface area contributed by atoms with Gasteiger partial charge in [-0.25, -0.2) is 0 Å². The molecule has 0 aromatic heterocycles. The first-order valence-corrected chi connectivity index (χ1v) is 7.73. The van der Waals surface area contributed by atoms with E-state index in [1.54, 1.807) is 12.1 Å². The molecule has 21 heavy (non-hydrogen) atoms. The van der Waals surface area contributed by atoms with Crippen LogP contribution in [0.15, 0.2) is 18.2 Å². The minimum Gasteiger partial charge on any atom is -0.385 e. The molecule has 1 aliphatic rings. The predicted molar refractivity (Wildman–Crippen MR) is 83.5 cm³/mol. The van der Waals surface area contributed by atoms with Crippen molar-refractivity contribution in [1.29, 1.82) is 0 Å². The van der Waals surface area contributed by atoms with E-state index in [-0.39, 0.29) is 16.7 Å². The summed E-state index contributed by atoms with van der Waals surface area (Å²) in [6.45, 7) is 5.48. The van der Waals surface area contributed by atoms with Crippen LogP contribution in [-0.4, -0.2) is 17.6 Å². The van der Waals surface area contributed by atoms with E-state index in [1.807, 2.05) is 6.92 Å². The standard InChI is InChI=1S/C16H24N2O3/c1-3-17-16-8-7-14(18(19)20)10-13(16)11-21-15-6-4-5-12(2)9-15/h7-8,10,12,15,17H,3-6,9,11H2,1-2H3. The molecule has 1 aromatic carbocycles. The highest BCUT2D eigenvalue weighted by molar-refractivity contribution is 5.55. The van der Waals surface area contributed by atoms with Crippen molar-refractivity contribution < 1.29 is 9.66 Å². The summed E-state index contributed by atoms with van der Waals surface area (Å²) in [5.41, 5.74) is 1.91. The fourth-order valence-corrected chi connectivity index (χ4v) is 2.91. The van der Waals surface area contributed by atoms with E-state index in [1.165, 1.54) is 18.9 Å². The highest BCUT2D eigenvalue weighted by Crippen LogP contribution is 2.28. The lowest BCUT2D eigenvalue weighted by Gasteiger charge is -2.27. The number of nitro groups is 1. The van der Waals surface area contributed by atoms with Gasteiger partial charge in [-0.2, -0.15) is 0 Å². The van der Waals surface area contributed by atoms with Gasteiger partial charge in [0.1, 0.15) is 0 Å². The average molecular weight is 292 g/mol. The first-order chi connectivity index (χ1) is 10.1. The molecule has 0 bridgehead atoms. The van der Waals surface area contributed by atoms with Gasteiger partial charge in [0.25, 0.3) is 5.69 Å². The molecule has 0 heterocycles. The Kier molecular flexibility index (Phi) is 5.56. The molecule has 116 valence electrons. The minimum absolute atomic E-state index is 0.118. The van der Waals surface area contributed by atoms with Crippen molar-refractivity contribution in [2.24, 2.45) is 5.92 Å². The van der Waals surface area contributed by atoms with Crippen molar-refractivity contribution in [2.45, 2.75) is 52.2 Å². The molecule has 0 spiro atoms. The molecule has 0 aliphatic heterocycles. The molecule has 1 fully saturated rings. The molecule has 2 unspecified atom stereocenters. The van der Waals surface area contributed by atoms with Crippen molar-refractivity contribution in [2.75, 3.05) is 11.9 Å². The second-order valence-corrected chi connectivity index (χ2v) is 5.83. The lowest BCUT2D eigenvalue weighted by atomic mass is 9.89. The zero-order chi connectivity index (χ0) is 15.2.